The van der Waals surface area contributed by atoms with Gasteiger partial charge in [-0.3, -0.25) is 0 Å². The van der Waals surface area contributed by atoms with Crippen LogP contribution < -0.4 is 0 Å². The van der Waals surface area contributed by atoms with Crippen LogP contribution in [0, 0.1) is 0 Å². The van der Waals surface area contributed by atoms with Crippen molar-refractivity contribution in [3.63, 3.8) is 0 Å². The molecule has 0 heterocycles. The van der Waals surface area contributed by atoms with Crippen LogP contribution in [0.5, 0.6) is 0 Å². The minimum absolute atomic E-state index is 0. The fourth-order valence-corrected chi connectivity index (χ4v) is 0. The molecule has 0 aliphatic rings. The fraction of sp³-hybridized carbons (Fsp3) is 0. The molecule has 4 N–H and O–H groups in total. The summed E-state index contributed by atoms with van der Waals surface area (Å²) in [5.74, 6) is 0. The van der Waals surface area contributed by atoms with Gasteiger partial charge in [-0.2, -0.15) is 0 Å². The van der Waals surface area contributed by atoms with E-state index in [-0.39, 0.29) is 71.5 Å². The fourth-order valence-electron chi connectivity index (χ4n) is 0. The Morgan fingerprint density at radius 1 is 0.875 bits per heavy atom. The first-order valence-electron chi connectivity index (χ1n) is 0.894. The largest absolute Gasteiger partial charge is 0.668 e. The van der Waals surface area contributed by atoms with E-state index >= 15 is 0 Å². The van der Waals surface area contributed by atoms with E-state index in [1.807, 2.05) is 0 Å². The summed E-state index contributed by atoms with van der Waals surface area (Å²) in [7, 11) is -4.61. The molecule has 0 fully saturated rings. The molecule has 36 valence electrons. The Bertz CT molecular complexity index is 31.5. The van der Waals surface area contributed by atoms with Crippen LogP contribution in [0.4, 0.5) is 0 Å². The van der Waals surface area contributed by atoms with E-state index < -0.39 is 9.05 Å². The van der Waals surface area contributed by atoms with Crippen molar-refractivity contribution in [1.82, 2.24) is 0 Å². The molecule has 0 aromatic heterocycles. The average molecular weight is 150 g/mol. The maximum absolute atomic E-state index is 7.33. The van der Waals surface area contributed by atoms with Crippen LogP contribution in [0.1, 0.15) is 0 Å². The maximum atomic E-state index is 7.33. The predicted molar refractivity (Wildman–Crippen MR) is 31.9 cm³/mol. The molecule has 0 aliphatic carbocycles. The van der Waals surface area contributed by atoms with Crippen molar-refractivity contribution in [2.75, 3.05) is 0 Å². The average Bonchev–Trinajstić information content (AvgIpc) is 0.722. The van der Waals surface area contributed by atoms with Crippen LogP contribution >= 0.6 is 0 Å². The minimum atomic E-state index is -4.61. The normalized spacial score (nSPS) is 7.50. The first-order valence-corrected chi connectivity index (χ1v) is 2.68. The van der Waals surface area contributed by atoms with Gasteiger partial charge in [0.1, 0.15) is 0 Å². The van der Waals surface area contributed by atoms with Crippen LogP contribution in [-0.2, 0) is 0 Å². The third-order valence-electron chi connectivity index (χ3n) is 0. The van der Waals surface area contributed by atoms with Crippen LogP contribution in [0.25, 0.3) is 0 Å². The van der Waals surface area contributed by atoms with Gasteiger partial charge in [-0.1, -0.05) is 0 Å². The molecule has 4 nitrogen and oxygen atoms in total. The summed E-state index contributed by atoms with van der Waals surface area (Å²) in [5.41, 5.74) is 0. The van der Waals surface area contributed by atoms with Crippen LogP contribution in [-0.4, -0.2) is 99.7 Å². The molecule has 0 aromatic carbocycles. The summed E-state index contributed by atoms with van der Waals surface area (Å²) in [6.07, 6.45) is 0. The molecule has 8 heavy (non-hydrogen) atoms. The summed E-state index contributed by atoms with van der Waals surface area (Å²) in [6.45, 7) is 0. The van der Waals surface area contributed by atoms with Crippen molar-refractivity contribution in [2.24, 2.45) is 0 Å². The molecule has 8 heteroatoms. The predicted octanol–water partition coefficient (Wildman–Crippen LogP) is -3.75. The summed E-state index contributed by atoms with van der Waals surface area (Å²) in [5, 5.41) is 0. The van der Waals surface area contributed by atoms with E-state index in [0.717, 1.165) is 0 Å². The zero-order valence-electron chi connectivity index (χ0n) is 5.00. The van der Waals surface area contributed by atoms with Gasteiger partial charge in [0.2, 0.25) is 0 Å². The quantitative estimate of drug-likeness (QED) is 0.268. The molecule has 0 saturated carbocycles. The first-order chi connectivity index (χ1) is 2.00. The minimum Gasteiger partial charge on any atom is -0.368 e. The molecule has 0 spiro atoms. The van der Waals surface area contributed by atoms with Crippen LogP contribution in [0.15, 0.2) is 0 Å². The Morgan fingerprint density at radius 3 is 0.875 bits per heavy atom. The van der Waals surface area contributed by atoms with E-state index in [4.69, 9.17) is 19.2 Å². The first kappa shape index (κ1) is 22.4. The molecule has 4 radical (unpaired) electrons. The topological polar surface area (TPSA) is 80.9 Å². The third kappa shape index (κ3) is 79.1. The maximum Gasteiger partial charge on any atom is 0.668 e. The van der Waals surface area contributed by atoms with Gasteiger partial charge in [0.05, 0.1) is 0 Å². The third-order valence-corrected chi connectivity index (χ3v) is 0. The summed E-state index contributed by atoms with van der Waals surface area (Å²) < 4.78 is 0. The summed E-state index contributed by atoms with van der Waals surface area (Å²) >= 11 is 0. The molecule has 0 rings (SSSR count). The molecule has 0 aliphatic heterocycles. The van der Waals surface area contributed by atoms with Crippen LogP contribution in [0.3, 0.4) is 0 Å². The number of hydrogen-bond acceptors (Lipinski definition) is 4. The second kappa shape index (κ2) is 9.42. The van der Waals surface area contributed by atoms with Crippen molar-refractivity contribution in [3.8, 4) is 0 Å². The van der Waals surface area contributed by atoms with Gasteiger partial charge in [0.25, 0.3) is 0 Å². The Morgan fingerprint density at radius 2 is 0.875 bits per heavy atom. The molecule has 0 unspecified atom stereocenters. The van der Waals surface area contributed by atoms with Gasteiger partial charge in [0.15, 0.2) is 0 Å². The summed E-state index contributed by atoms with van der Waals surface area (Å²) in [4.78, 5) is 29.3. The van der Waals surface area contributed by atoms with Crippen molar-refractivity contribution in [2.45, 2.75) is 0 Å². The van der Waals surface area contributed by atoms with Gasteiger partial charge in [0, 0.05) is 71.5 Å². The van der Waals surface area contributed by atoms with Crippen LogP contribution in [0.2, 0.25) is 0 Å². The smallest absolute Gasteiger partial charge is 0.368 e. The van der Waals surface area contributed by atoms with E-state index in [9.17, 15) is 0 Å². The van der Waals surface area contributed by atoms with Gasteiger partial charge in [-0.05, 0) is 0 Å². The molecule has 0 amide bonds. The molecular weight excluding hydrogens is 146 g/mol. The van der Waals surface area contributed by atoms with Gasteiger partial charge < -0.3 is 19.2 Å². The number of hydrogen-bond donors (Lipinski definition) is 4. The Balaban J connectivity index is -0.0000000267. The zero-order valence-corrected chi connectivity index (χ0v) is 9.41. The molecular formula is H4LiMgNaO4Si. The van der Waals surface area contributed by atoms with E-state index in [1.54, 1.807) is 0 Å². The molecule has 0 bridgehead atoms. The molecule has 0 saturated heterocycles. The standard InChI is InChI=1S/Li.Mg.Na.H4O4Si/c;;;1-5(2,3)4/h;;;1-4H. The Labute approximate surface area is 98.4 Å². The van der Waals surface area contributed by atoms with E-state index in [1.165, 1.54) is 0 Å². The Hall–Kier alpha value is 2.42. The number of rotatable bonds is 0. The zero-order chi connectivity index (χ0) is 4.50. The van der Waals surface area contributed by atoms with E-state index in [0.29, 0.717) is 0 Å². The van der Waals surface area contributed by atoms with E-state index in [2.05, 4.69) is 0 Å². The second-order valence-corrected chi connectivity index (χ2v) is 1.80. The van der Waals surface area contributed by atoms with Gasteiger partial charge in [-0.25, -0.2) is 0 Å². The van der Waals surface area contributed by atoms with Gasteiger partial charge in [-0.15, -0.1) is 0 Å². The van der Waals surface area contributed by atoms with Crippen molar-refractivity contribution in [3.05, 3.63) is 0 Å². The summed E-state index contributed by atoms with van der Waals surface area (Å²) in [6, 6.07) is 0. The van der Waals surface area contributed by atoms with Gasteiger partial charge >= 0.3 is 9.05 Å². The van der Waals surface area contributed by atoms with Crippen molar-refractivity contribution >= 4 is 80.5 Å². The molecule has 0 aromatic rings. The second-order valence-electron chi connectivity index (χ2n) is 0.600. The SMILES string of the molecule is O[Si](O)(O)O.[Li].[Mg].[Na]. The van der Waals surface area contributed by atoms with Crippen molar-refractivity contribution < 1.29 is 19.2 Å². The Kier molecular flexibility index (Phi) is 26.4. The molecule has 0 atom stereocenters. The van der Waals surface area contributed by atoms with Crippen molar-refractivity contribution in [1.29, 1.82) is 0 Å². The monoisotopic (exact) mass is 150 g/mol.